The van der Waals surface area contributed by atoms with Crippen LogP contribution in [0.5, 0.6) is 0 Å². The predicted molar refractivity (Wildman–Crippen MR) is 81.6 cm³/mol. The van der Waals surface area contributed by atoms with Crippen LogP contribution in [0.4, 0.5) is 11.4 Å². The zero-order valence-electron chi connectivity index (χ0n) is 11.2. The van der Waals surface area contributed by atoms with Crippen LogP contribution in [0.25, 0.3) is 0 Å². The number of furan rings is 1. The minimum Gasteiger partial charge on any atom is -0.478 e. The van der Waals surface area contributed by atoms with Crippen LogP contribution in [0, 0.1) is 0 Å². The first-order valence-corrected chi connectivity index (χ1v) is 6.92. The number of rotatable bonds is 4. The highest BCUT2D eigenvalue weighted by Gasteiger charge is 2.22. The van der Waals surface area contributed by atoms with Crippen molar-refractivity contribution >= 4 is 39.2 Å². The fourth-order valence-electron chi connectivity index (χ4n) is 1.95. The van der Waals surface area contributed by atoms with Gasteiger partial charge in [0.25, 0.3) is 5.91 Å². The monoisotopic (exact) mass is 352 g/mol. The van der Waals surface area contributed by atoms with Crippen LogP contribution in [0.15, 0.2) is 39.6 Å². The number of amides is 1. The molecule has 1 aromatic carbocycles. The van der Waals surface area contributed by atoms with Crippen molar-refractivity contribution in [2.75, 3.05) is 17.2 Å². The minimum atomic E-state index is -1.07. The molecule has 0 aliphatic carbocycles. The van der Waals surface area contributed by atoms with Crippen molar-refractivity contribution in [3.8, 4) is 0 Å². The topological polar surface area (TPSA) is 96.8 Å². The Bertz CT molecular complexity index is 696. The van der Waals surface area contributed by atoms with E-state index in [1.54, 1.807) is 13.0 Å². The molecule has 3 N–H and O–H groups in total. The van der Waals surface area contributed by atoms with Crippen molar-refractivity contribution in [2.24, 2.45) is 0 Å². The number of anilines is 2. The van der Waals surface area contributed by atoms with Gasteiger partial charge in [-0.25, -0.2) is 4.79 Å². The number of nitrogen functional groups attached to an aromatic ring is 1. The number of benzene rings is 1. The molecule has 0 aliphatic rings. The largest absolute Gasteiger partial charge is 0.478 e. The van der Waals surface area contributed by atoms with Crippen molar-refractivity contribution in [1.82, 2.24) is 0 Å². The number of carbonyl (C=O) groups is 2. The fourth-order valence-corrected chi connectivity index (χ4v) is 2.36. The lowest BCUT2D eigenvalue weighted by Crippen LogP contribution is -2.31. The molecular weight excluding hydrogens is 340 g/mol. The van der Waals surface area contributed by atoms with E-state index in [9.17, 15) is 9.59 Å². The SMILES string of the molecule is CCN(C(=O)c1ccoc1Br)c1ccc(C(=O)O)cc1N. The number of aromatic carboxylic acids is 1. The first-order chi connectivity index (χ1) is 9.95. The Morgan fingerprint density at radius 2 is 2.10 bits per heavy atom. The molecule has 2 aromatic rings. The molecule has 2 rings (SSSR count). The highest BCUT2D eigenvalue weighted by Crippen LogP contribution is 2.28. The third-order valence-corrected chi connectivity index (χ3v) is 3.59. The van der Waals surface area contributed by atoms with Crippen LogP contribution < -0.4 is 10.6 Å². The molecule has 21 heavy (non-hydrogen) atoms. The second-order valence-corrected chi connectivity index (χ2v) is 4.96. The maximum Gasteiger partial charge on any atom is 0.335 e. The molecule has 0 saturated carbocycles. The number of carboxylic acids is 1. The maximum absolute atomic E-state index is 12.5. The summed E-state index contributed by atoms with van der Waals surface area (Å²) >= 11 is 3.16. The van der Waals surface area contributed by atoms with E-state index in [0.717, 1.165) is 0 Å². The molecule has 0 bridgehead atoms. The summed E-state index contributed by atoms with van der Waals surface area (Å²) in [6.45, 7) is 2.18. The molecule has 1 aromatic heterocycles. The Balaban J connectivity index is 2.40. The quantitative estimate of drug-likeness (QED) is 0.824. The molecule has 0 atom stereocenters. The molecule has 1 heterocycles. The van der Waals surface area contributed by atoms with E-state index in [1.807, 2.05) is 0 Å². The van der Waals surface area contributed by atoms with Gasteiger partial charge >= 0.3 is 5.97 Å². The third-order valence-electron chi connectivity index (χ3n) is 2.98. The number of nitrogens with zero attached hydrogens (tertiary/aromatic N) is 1. The van der Waals surface area contributed by atoms with Gasteiger partial charge in [0.1, 0.15) is 0 Å². The Morgan fingerprint density at radius 3 is 2.57 bits per heavy atom. The van der Waals surface area contributed by atoms with Crippen molar-refractivity contribution in [3.63, 3.8) is 0 Å². The van der Waals surface area contributed by atoms with E-state index < -0.39 is 5.97 Å². The van der Waals surface area contributed by atoms with E-state index in [0.29, 0.717) is 22.5 Å². The molecule has 0 radical (unpaired) electrons. The Kier molecular flexibility index (Phi) is 4.32. The van der Waals surface area contributed by atoms with Crippen molar-refractivity contribution < 1.29 is 19.1 Å². The van der Waals surface area contributed by atoms with Gasteiger partial charge in [0.2, 0.25) is 0 Å². The van der Waals surface area contributed by atoms with E-state index in [1.165, 1.54) is 29.4 Å². The van der Waals surface area contributed by atoms with E-state index in [2.05, 4.69) is 15.9 Å². The van der Waals surface area contributed by atoms with Crippen molar-refractivity contribution in [2.45, 2.75) is 6.92 Å². The molecule has 0 aliphatic heterocycles. The van der Waals surface area contributed by atoms with Crippen LogP contribution in [0.2, 0.25) is 0 Å². The second kappa shape index (κ2) is 6.01. The molecule has 1 amide bonds. The van der Waals surface area contributed by atoms with Gasteiger partial charge in [-0.05, 0) is 47.1 Å². The fraction of sp³-hybridized carbons (Fsp3) is 0.143. The van der Waals surface area contributed by atoms with Crippen molar-refractivity contribution in [3.05, 3.63) is 46.3 Å². The first kappa shape index (κ1) is 15.1. The highest BCUT2D eigenvalue weighted by molar-refractivity contribution is 9.10. The van der Waals surface area contributed by atoms with Gasteiger partial charge in [0, 0.05) is 6.54 Å². The third kappa shape index (κ3) is 2.92. The summed E-state index contributed by atoms with van der Waals surface area (Å²) in [5, 5.41) is 8.94. The van der Waals surface area contributed by atoms with Crippen LogP contribution in [0.3, 0.4) is 0 Å². The number of carbonyl (C=O) groups excluding carboxylic acids is 1. The van der Waals surface area contributed by atoms with E-state index in [-0.39, 0.29) is 17.2 Å². The lowest BCUT2D eigenvalue weighted by molar-refractivity contribution is 0.0697. The summed E-state index contributed by atoms with van der Waals surface area (Å²) in [5.74, 6) is -1.35. The van der Waals surface area contributed by atoms with Gasteiger partial charge in [-0.3, -0.25) is 4.79 Å². The van der Waals surface area contributed by atoms with Crippen LogP contribution in [-0.4, -0.2) is 23.5 Å². The first-order valence-electron chi connectivity index (χ1n) is 6.13. The average Bonchev–Trinajstić information content (AvgIpc) is 2.87. The zero-order valence-corrected chi connectivity index (χ0v) is 12.8. The van der Waals surface area contributed by atoms with Gasteiger partial charge in [0.05, 0.1) is 28.8 Å². The van der Waals surface area contributed by atoms with Gasteiger partial charge < -0.3 is 20.2 Å². The summed E-state index contributed by atoms with van der Waals surface area (Å²) in [5.41, 5.74) is 7.01. The minimum absolute atomic E-state index is 0.0734. The Labute approximate surface area is 129 Å². The van der Waals surface area contributed by atoms with Crippen LogP contribution in [-0.2, 0) is 0 Å². The molecule has 7 heteroatoms. The molecule has 0 fully saturated rings. The summed E-state index contributed by atoms with van der Waals surface area (Å²) in [6.07, 6.45) is 1.40. The number of halogens is 1. The molecule has 6 nitrogen and oxygen atoms in total. The Morgan fingerprint density at radius 1 is 1.38 bits per heavy atom. The van der Waals surface area contributed by atoms with Gasteiger partial charge in [0.15, 0.2) is 4.67 Å². The van der Waals surface area contributed by atoms with Gasteiger partial charge in [-0.15, -0.1) is 0 Å². The molecule has 0 spiro atoms. The summed E-state index contributed by atoms with van der Waals surface area (Å²) < 4.78 is 5.40. The predicted octanol–water partition coefficient (Wildman–Crippen LogP) is 2.99. The number of hydrogen-bond acceptors (Lipinski definition) is 4. The molecular formula is C14H13BrN2O4. The van der Waals surface area contributed by atoms with Crippen LogP contribution in [0.1, 0.15) is 27.6 Å². The van der Waals surface area contributed by atoms with Crippen LogP contribution >= 0.6 is 15.9 Å². The lowest BCUT2D eigenvalue weighted by atomic mass is 10.1. The zero-order chi connectivity index (χ0) is 15.6. The Hall–Kier alpha value is -2.28. The lowest BCUT2D eigenvalue weighted by Gasteiger charge is -2.22. The van der Waals surface area contributed by atoms with E-state index in [4.69, 9.17) is 15.3 Å². The smallest absolute Gasteiger partial charge is 0.335 e. The van der Waals surface area contributed by atoms with Gasteiger partial charge in [-0.2, -0.15) is 0 Å². The average molecular weight is 353 g/mol. The normalized spacial score (nSPS) is 10.4. The number of carboxylic acid groups (broad SMARTS) is 1. The molecule has 110 valence electrons. The molecule has 0 saturated heterocycles. The van der Waals surface area contributed by atoms with E-state index >= 15 is 0 Å². The maximum atomic E-state index is 12.5. The number of nitrogens with two attached hydrogens (primary N) is 1. The summed E-state index contributed by atoms with van der Waals surface area (Å²) in [7, 11) is 0. The van der Waals surface area contributed by atoms with Crippen molar-refractivity contribution in [1.29, 1.82) is 0 Å². The summed E-state index contributed by atoms with van der Waals surface area (Å²) in [6, 6.07) is 5.82. The highest BCUT2D eigenvalue weighted by atomic mass is 79.9. The second-order valence-electron chi connectivity index (χ2n) is 4.24. The molecule has 0 unspecified atom stereocenters. The number of hydrogen-bond donors (Lipinski definition) is 2. The van der Waals surface area contributed by atoms with Gasteiger partial charge in [-0.1, -0.05) is 0 Å². The summed E-state index contributed by atoms with van der Waals surface area (Å²) in [4.78, 5) is 24.9. The standard InChI is InChI=1S/C14H13BrN2O4/c1-2-17(13(18)9-5-6-21-12(9)15)11-4-3-8(14(19)20)7-10(11)16/h3-7H,2,16H2,1H3,(H,19,20).